The highest BCUT2D eigenvalue weighted by molar-refractivity contribution is 6.12. The van der Waals surface area contributed by atoms with E-state index in [9.17, 15) is 27.2 Å². The van der Waals surface area contributed by atoms with Crippen molar-refractivity contribution < 1.29 is 27.2 Å². The number of rotatable bonds is 2. The first-order chi connectivity index (χ1) is 11.6. The maximum Gasteiger partial charge on any atom is 0.419 e. The number of nitrogens with two attached hydrogens (primary N) is 1. The number of hydrogen-bond acceptors (Lipinski definition) is 3. The van der Waals surface area contributed by atoms with E-state index in [0.717, 1.165) is 17.2 Å². The molecule has 0 fully saturated rings. The van der Waals surface area contributed by atoms with Gasteiger partial charge < -0.3 is 10.6 Å². The van der Waals surface area contributed by atoms with Crippen LogP contribution in [0.3, 0.4) is 0 Å². The van der Waals surface area contributed by atoms with Crippen LogP contribution in [0.15, 0.2) is 24.4 Å². The van der Waals surface area contributed by atoms with Crippen LogP contribution in [0.5, 0.6) is 0 Å². The number of primary amides is 1. The number of halogens is 4. The van der Waals surface area contributed by atoms with E-state index < -0.39 is 29.4 Å². The molecule has 0 spiro atoms. The van der Waals surface area contributed by atoms with Gasteiger partial charge in [0.15, 0.2) is 0 Å². The fourth-order valence-corrected chi connectivity index (χ4v) is 2.77. The highest BCUT2D eigenvalue weighted by Crippen LogP contribution is 2.34. The second-order valence-corrected chi connectivity index (χ2v) is 5.64. The Morgan fingerprint density at radius 1 is 1.36 bits per heavy atom. The van der Waals surface area contributed by atoms with Crippen LogP contribution < -0.4 is 10.6 Å². The van der Waals surface area contributed by atoms with Gasteiger partial charge >= 0.3 is 6.18 Å². The Morgan fingerprint density at radius 3 is 2.60 bits per heavy atom. The molecule has 0 saturated heterocycles. The van der Waals surface area contributed by atoms with E-state index in [1.807, 2.05) is 0 Å². The zero-order valence-corrected chi connectivity index (χ0v) is 12.8. The molecule has 1 aromatic heterocycles. The number of carbonyl (C=O) groups is 2. The van der Waals surface area contributed by atoms with Crippen molar-refractivity contribution in [2.24, 2.45) is 5.73 Å². The fourth-order valence-electron chi connectivity index (χ4n) is 2.77. The molecule has 0 bridgehead atoms. The van der Waals surface area contributed by atoms with Crippen LogP contribution in [-0.4, -0.2) is 28.1 Å². The lowest BCUT2D eigenvalue weighted by Gasteiger charge is -2.32. The predicted molar refractivity (Wildman–Crippen MR) is 78.5 cm³/mol. The van der Waals surface area contributed by atoms with Crippen molar-refractivity contribution in [1.82, 2.24) is 9.78 Å². The van der Waals surface area contributed by atoms with E-state index in [-0.39, 0.29) is 29.5 Å². The summed E-state index contributed by atoms with van der Waals surface area (Å²) in [4.78, 5) is 25.2. The van der Waals surface area contributed by atoms with Crippen LogP contribution in [0.4, 0.5) is 23.2 Å². The van der Waals surface area contributed by atoms with Crippen LogP contribution in [-0.2, 0) is 6.18 Å². The van der Waals surface area contributed by atoms with E-state index >= 15 is 0 Å². The molecule has 0 saturated carbocycles. The molecular formula is C15H12F4N4O2. The van der Waals surface area contributed by atoms with E-state index in [1.165, 1.54) is 4.68 Å². The number of aromatic nitrogens is 2. The monoisotopic (exact) mass is 356 g/mol. The smallest absolute Gasteiger partial charge is 0.365 e. The van der Waals surface area contributed by atoms with Crippen LogP contribution in [0.2, 0.25) is 0 Å². The van der Waals surface area contributed by atoms with Gasteiger partial charge in [-0.3, -0.25) is 14.3 Å². The summed E-state index contributed by atoms with van der Waals surface area (Å²) in [5.41, 5.74) is 3.57. The fraction of sp³-hybridized carbons (Fsp3) is 0.267. The molecule has 2 aromatic rings. The molecule has 0 radical (unpaired) electrons. The molecule has 1 atom stereocenters. The number of fused-ring (bicyclic) bond motifs is 1. The quantitative estimate of drug-likeness (QED) is 0.839. The summed E-state index contributed by atoms with van der Waals surface area (Å²) in [6, 6.07) is 1.84. The molecule has 0 aliphatic carbocycles. The number of carbonyl (C=O) groups excluding carboxylic acids is 2. The Balaban J connectivity index is 2.05. The molecule has 1 aliphatic heterocycles. The number of nitrogens with zero attached hydrogens (tertiary/aromatic N) is 3. The molecule has 2 amide bonds. The Bertz CT molecular complexity index is 875. The third-order valence-electron chi connectivity index (χ3n) is 3.94. The molecule has 132 valence electrons. The van der Waals surface area contributed by atoms with E-state index in [2.05, 4.69) is 5.10 Å². The van der Waals surface area contributed by atoms with Gasteiger partial charge in [0.25, 0.3) is 11.8 Å². The number of benzene rings is 1. The van der Waals surface area contributed by atoms with Gasteiger partial charge in [0, 0.05) is 12.2 Å². The van der Waals surface area contributed by atoms with Crippen LogP contribution in [0.1, 0.15) is 39.4 Å². The van der Waals surface area contributed by atoms with Crippen LogP contribution in [0.25, 0.3) is 0 Å². The molecule has 0 unspecified atom stereocenters. The maximum absolute atomic E-state index is 13.8. The summed E-state index contributed by atoms with van der Waals surface area (Å²) < 4.78 is 53.2. The van der Waals surface area contributed by atoms with Gasteiger partial charge in [-0.1, -0.05) is 0 Å². The Labute approximate surface area is 138 Å². The maximum atomic E-state index is 13.8. The first-order valence-corrected chi connectivity index (χ1v) is 7.17. The molecule has 2 N–H and O–H groups in total. The normalized spacial score (nSPS) is 17.6. The SMILES string of the molecule is C[C@H]1CN(c2ccc(C(F)(F)F)c(F)c2)C(=O)c2c(C(N)=O)cnn21. The minimum atomic E-state index is -4.83. The minimum absolute atomic E-state index is 0.0507. The minimum Gasteiger partial charge on any atom is -0.365 e. The average Bonchev–Trinajstić information content (AvgIpc) is 2.95. The van der Waals surface area contributed by atoms with Gasteiger partial charge in [0.05, 0.1) is 23.4 Å². The molecule has 2 heterocycles. The highest BCUT2D eigenvalue weighted by Gasteiger charge is 2.37. The molecule has 3 rings (SSSR count). The van der Waals surface area contributed by atoms with Crippen molar-refractivity contribution in [3.05, 3.63) is 47.0 Å². The van der Waals surface area contributed by atoms with Crippen molar-refractivity contribution in [3.63, 3.8) is 0 Å². The summed E-state index contributed by atoms with van der Waals surface area (Å²) in [5, 5.41) is 3.95. The number of anilines is 1. The van der Waals surface area contributed by atoms with Crippen LogP contribution >= 0.6 is 0 Å². The first-order valence-electron chi connectivity index (χ1n) is 7.17. The molecular weight excluding hydrogens is 344 g/mol. The van der Waals surface area contributed by atoms with Crippen molar-refractivity contribution in [2.75, 3.05) is 11.4 Å². The Hall–Kier alpha value is -2.91. The van der Waals surface area contributed by atoms with Crippen LogP contribution in [0, 0.1) is 5.82 Å². The van der Waals surface area contributed by atoms with Gasteiger partial charge in [-0.05, 0) is 25.1 Å². The topological polar surface area (TPSA) is 81.2 Å². The summed E-state index contributed by atoms with van der Waals surface area (Å²) in [7, 11) is 0. The van der Waals surface area contributed by atoms with Gasteiger partial charge in [0.1, 0.15) is 11.5 Å². The zero-order valence-electron chi connectivity index (χ0n) is 12.8. The van der Waals surface area contributed by atoms with E-state index in [1.54, 1.807) is 6.92 Å². The second kappa shape index (κ2) is 5.57. The summed E-state index contributed by atoms with van der Waals surface area (Å²) >= 11 is 0. The molecule has 1 aromatic carbocycles. The average molecular weight is 356 g/mol. The summed E-state index contributed by atoms with van der Waals surface area (Å²) in [6.45, 7) is 1.75. The van der Waals surface area contributed by atoms with E-state index in [0.29, 0.717) is 12.1 Å². The summed E-state index contributed by atoms with van der Waals surface area (Å²) in [5.74, 6) is -3.04. The lowest BCUT2D eigenvalue weighted by atomic mass is 10.1. The lowest BCUT2D eigenvalue weighted by molar-refractivity contribution is -0.139. The predicted octanol–water partition coefficient (Wildman–Crippen LogP) is 2.36. The largest absolute Gasteiger partial charge is 0.419 e. The first kappa shape index (κ1) is 16.9. The highest BCUT2D eigenvalue weighted by atomic mass is 19.4. The number of hydrogen-bond donors (Lipinski definition) is 1. The Morgan fingerprint density at radius 2 is 2.04 bits per heavy atom. The Kier molecular flexibility index (Phi) is 3.77. The molecule has 6 nitrogen and oxygen atoms in total. The third-order valence-corrected chi connectivity index (χ3v) is 3.94. The van der Waals surface area contributed by atoms with Crippen molar-refractivity contribution in [2.45, 2.75) is 19.1 Å². The third kappa shape index (κ3) is 2.73. The van der Waals surface area contributed by atoms with Gasteiger partial charge in [0.2, 0.25) is 0 Å². The van der Waals surface area contributed by atoms with Gasteiger partial charge in [-0.15, -0.1) is 0 Å². The summed E-state index contributed by atoms with van der Waals surface area (Å²) in [6.07, 6.45) is -3.68. The second-order valence-electron chi connectivity index (χ2n) is 5.64. The lowest BCUT2D eigenvalue weighted by Crippen LogP contribution is -2.43. The van der Waals surface area contributed by atoms with Gasteiger partial charge in [-0.25, -0.2) is 4.39 Å². The van der Waals surface area contributed by atoms with Crippen molar-refractivity contribution >= 4 is 17.5 Å². The molecule has 1 aliphatic rings. The molecule has 10 heteroatoms. The zero-order chi connectivity index (χ0) is 18.5. The van der Waals surface area contributed by atoms with Crippen molar-refractivity contribution in [3.8, 4) is 0 Å². The van der Waals surface area contributed by atoms with E-state index in [4.69, 9.17) is 5.73 Å². The van der Waals surface area contributed by atoms with Gasteiger partial charge in [-0.2, -0.15) is 18.3 Å². The number of alkyl halides is 3. The molecule has 25 heavy (non-hydrogen) atoms. The number of amides is 2. The van der Waals surface area contributed by atoms with Crippen molar-refractivity contribution in [1.29, 1.82) is 0 Å². The standard InChI is InChI=1S/C15H12F4N4O2/c1-7-6-22(8-2-3-10(11(16)4-8)15(17,18)19)14(25)12-9(13(20)24)5-21-23(7)12/h2-5,7H,6H2,1H3,(H2,20,24)/t7-/m0/s1.